The predicted octanol–water partition coefficient (Wildman–Crippen LogP) is 4.62. The van der Waals surface area contributed by atoms with Gasteiger partial charge in [-0.05, 0) is 0 Å². The molecule has 0 aromatic heterocycles. The zero-order valence-corrected chi connectivity index (χ0v) is 16.1. The van der Waals surface area contributed by atoms with E-state index in [-0.39, 0.29) is 11.2 Å². The van der Waals surface area contributed by atoms with Gasteiger partial charge in [-0.2, -0.15) is 0 Å². The molecular formula is C21H26OSe. The molecular weight excluding hydrogens is 347 g/mol. The Hall–Kier alpha value is -1.08. The van der Waals surface area contributed by atoms with Crippen molar-refractivity contribution in [3.05, 3.63) is 65.7 Å². The second kappa shape index (κ2) is 6.81. The first-order valence-corrected chi connectivity index (χ1v) is 10.5. The van der Waals surface area contributed by atoms with Crippen LogP contribution in [0.25, 0.3) is 0 Å². The molecule has 0 amide bonds. The van der Waals surface area contributed by atoms with Gasteiger partial charge in [-0.1, -0.05) is 0 Å². The van der Waals surface area contributed by atoms with Crippen LogP contribution in [0.2, 0.25) is 5.32 Å². The van der Waals surface area contributed by atoms with Crippen LogP contribution in [0.1, 0.15) is 44.2 Å². The third-order valence-electron chi connectivity index (χ3n) is 4.62. The topological polar surface area (TPSA) is 9.23 Å². The number of benzene rings is 2. The molecule has 0 spiro atoms. The summed E-state index contributed by atoms with van der Waals surface area (Å²) >= 11 is 0.430. The Kier molecular flexibility index (Phi) is 4.96. The summed E-state index contributed by atoms with van der Waals surface area (Å²) in [7, 11) is 0. The van der Waals surface area contributed by atoms with Crippen molar-refractivity contribution in [1.82, 2.24) is 0 Å². The minimum atomic E-state index is -0.120. The van der Waals surface area contributed by atoms with Crippen molar-refractivity contribution in [2.75, 3.05) is 0 Å². The van der Waals surface area contributed by atoms with Gasteiger partial charge in [0.1, 0.15) is 0 Å². The Morgan fingerprint density at radius 2 is 1.65 bits per heavy atom. The molecule has 1 saturated heterocycles. The molecule has 3 rings (SSSR count). The van der Waals surface area contributed by atoms with E-state index in [0.717, 1.165) is 18.2 Å². The Balaban J connectivity index is 1.88. The van der Waals surface area contributed by atoms with E-state index in [9.17, 15) is 0 Å². The van der Waals surface area contributed by atoms with Crippen molar-refractivity contribution >= 4 is 19.4 Å². The summed E-state index contributed by atoms with van der Waals surface area (Å²) in [5.74, 6) is 0. The fraction of sp³-hybridized carbons (Fsp3) is 0.429. The van der Waals surface area contributed by atoms with Crippen molar-refractivity contribution in [1.29, 1.82) is 0 Å². The molecule has 23 heavy (non-hydrogen) atoms. The van der Waals surface area contributed by atoms with Crippen LogP contribution in [-0.4, -0.2) is 20.6 Å². The van der Waals surface area contributed by atoms with Gasteiger partial charge in [-0.15, -0.1) is 0 Å². The zero-order valence-electron chi connectivity index (χ0n) is 14.3. The molecule has 2 heteroatoms. The monoisotopic (exact) mass is 374 g/mol. The van der Waals surface area contributed by atoms with Gasteiger partial charge in [0.25, 0.3) is 0 Å². The number of hydrogen-bond donors (Lipinski definition) is 0. The molecule has 0 N–H and O–H groups in total. The predicted molar refractivity (Wildman–Crippen MR) is 98.5 cm³/mol. The molecule has 1 unspecified atom stereocenters. The molecule has 0 saturated carbocycles. The van der Waals surface area contributed by atoms with Crippen molar-refractivity contribution < 1.29 is 4.74 Å². The molecule has 1 aliphatic heterocycles. The van der Waals surface area contributed by atoms with Crippen LogP contribution >= 0.6 is 0 Å². The molecule has 0 bridgehead atoms. The van der Waals surface area contributed by atoms with E-state index in [4.69, 9.17) is 4.74 Å². The van der Waals surface area contributed by atoms with Crippen LogP contribution in [0, 0.1) is 6.92 Å². The maximum atomic E-state index is 6.72. The Morgan fingerprint density at radius 3 is 2.30 bits per heavy atom. The van der Waals surface area contributed by atoms with Crippen LogP contribution in [0.4, 0.5) is 0 Å². The molecule has 2 aromatic carbocycles. The summed E-state index contributed by atoms with van der Waals surface area (Å²) in [6.45, 7) is 6.63. The average Bonchev–Trinajstić information content (AvgIpc) is 2.54. The average molecular weight is 373 g/mol. The first kappa shape index (κ1) is 16.8. The third kappa shape index (κ3) is 4.06. The number of aryl methyl sites for hydroxylation is 1. The number of ether oxygens (including phenoxy) is 1. The molecule has 1 nitrogen and oxygen atoms in total. The fourth-order valence-electron chi connectivity index (χ4n) is 3.39. The molecule has 1 heterocycles. The summed E-state index contributed by atoms with van der Waals surface area (Å²) in [6.07, 6.45) is 3.53. The van der Waals surface area contributed by atoms with Gasteiger partial charge >= 0.3 is 146 Å². The van der Waals surface area contributed by atoms with Crippen LogP contribution < -0.4 is 4.46 Å². The summed E-state index contributed by atoms with van der Waals surface area (Å²) in [6, 6.07) is 19.9. The van der Waals surface area contributed by atoms with Gasteiger partial charge in [-0.25, -0.2) is 0 Å². The van der Waals surface area contributed by atoms with E-state index in [2.05, 4.69) is 75.4 Å². The standard InChI is InChI=1S/C21H26OSe/c1-17-10-12-18(13-11-17)21(15-7-14-20(2,3)22-21)16-23-19-8-5-4-6-9-19/h4-6,8-13H,7,14-16H2,1-3H3. The SMILES string of the molecule is Cc1ccc(C2(C[Se]c3ccccc3)CCCC(C)(C)O2)cc1. The van der Waals surface area contributed by atoms with Gasteiger partial charge in [0, 0.05) is 0 Å². The summed E-state index contributed by atoms with van der Waals surface area (Å²) in [5.41, 5.74) is 2.52. The van der Waals surface area contributed by atoms with Crippen LogP contribution in [0.3, 0.4) is 0 Å². The van der Waals surface area contributed by atoms with Gasteiger partial charge in [0.05, 0.1) is 0 Å². The Labute approximate surface area is 146 Å². The van der Waals surface area contributed by atoms with Crippen molar-refractivity contribution in [2.45, 2.75) is 56.6 Å². The first-order chi connectivity index (χ1) is 11.0. The van der Waals surface area contributed by atoms with Gasteiger partial charge in [0.15, 0.2) is 0 Å². The summed E-state index contributed by atoms with van der Waals surface area (Å²) in [5, 5.41) is 1.11. The fourth-order valence-corrected chi connectivity index (χ4v) is 5.74. The quantitative estimate of drug-likeness (QED) is 0.711. The van der Waals surface area contributed by atoms with Crippen molar-refractivity contribution in [2.24, 2.45) is 0 Å². The number of rotatable bonds is 4. The second-order valence-electron chi connectivity index (χ2n) is 7.18. The van der Waals surface area contributed by atoms with Crippen LogP contribution in [0.15, 0.2) is 54.6 Å². The van der Waals surface area contributed by atoms with E-state index in [0.29, 0.717) is 15.0 Å². The Bertz CT molecular complexity index is 633. The Morgan fingerprint density at radius 1 is 0.957 bits per heavy atom. The summed E-state index contributed by atoms with van der Waals surface area (Å²) in [4.78, 5) is 0. The minimum absolute atomic E-state index is 0.0318. The van der Waals surface area contributed by atoms with Crippen molar-refractivity contribution in [3.8, 4) is 0 Å². The van der Waals surface area contributed by atoms with E-state index in [1.165, 1.54) is 22.0 Å². The molecule has 122 valence electrons. The normalized spacial score (nSPS) is 23.6. The van der Waals surface area contributed by atoms with Crippen LogP contribution in [-0.2, 0) is 10.3 Å². The molecule has 0 aliphatic carbocycles. The zero-order chi connectivity index (χ0) is 16.3. The number of hydrogen-bond acceptors (Lipinski definition) is 1. The van der Waals surface area contributed by atoms with E-state index >= 15 is 0 Å². The third-order valence-corrected chi connectivity index (χ3v) is 7.18. The molecule has 2 aromatic rings. The van der Waals surface area contributed by atoms with E-state index < -0.39 is 0 Å². The van der Waals surface area contributed by atoms with E-state index in [1.54, 1.807) is 0 Å². The van der Waals surface area contributed by atoms with Gasteiger partial charge in [0.2, 0.25) is 0 Å². The van der Waals surface area contributed by atoms with Gasteiger partial charge in [-0.3, -0.25) is 0 Å². The van der Waals surface area contributed by atoms with Gasteiger partial charge < -0.3 is 0 Å². The molecule has 1 atom stereocenters. The maximum absolute atomic E-state index is 6.72. The first-order valence-electron chi connectivity index (χ1n) is 8.44. The molecule has 1 fully saturated rings. The van der Waals surface area contributed by atoms with Crippen LogP contribution in [0.5, 0.6) is 0 Å². The molecule has 0 radical (unpaired) electrons. The molecule has 1 aliphatic rings. The second-order valence-corrected chi connectivity index (χ2v) is 9.38. The van der Waals surface area contributed by atoms with E-state index in [1.807, 2.05) is 0 Å². The van der Waals surface area contributed by atoms with Crippen molar-refractivity contribution in [3.63, 3.8) is 0 Å². The summed E-state index contributed by atoms with van der Waals surface area (Å²) < 4.78 is 8.18.